The van der Waals surface area contributed by atoms with E-state index >= 15 is 0 Å². The van der Waals surface area contributed by atoms with Gasteiger partial charge < -0.3 is 8.98 Å². The van der Waals surface area contributed by atoms with Crippen LogP contribution in [0.25, 0.3) is 54.5 Å². The molecule has 0 atom stereocenters. The van der Waals surface area contributed by atoms with Crippen LogP contribution in [-0.4, -0.2) is 4.57 Å². The maximum Gasteiger partial charge on any atom is 0.159 e. The molecule has 25 heavy (non-hydrogen) atoms. The average Bonchev–Trinajstić information content (AvgIpc) is 3.15. The quantitative estimate of drug-likeness (QED) is 0.317. The zero-order valence-electron chi connectivity index (χ0n) is 13.8. The van der Waals surface area contributed by atoms with E-state index in [-0.39, 0.29) is 0 Å². The molecule has 0 N–H and O–H groups in total. The third-order valence-electron chi connectivity index (χ3n) is 5.37. The van der Waals surface area contributed by atoms with Gasteiger partial charge in [-0.1, -0.05) is 48.5 Å². The lowest BCUT2D eigenvalue weighted by molar-refractivity contribution is 0.670. The van der Waals surface area contributed by atoms with Gasteiger partial charge >= 0.3 is 0 Å². The molecule has 0 unspecified atom stereocenters. The Kier molecular flexibility index (Phi) is 2.31. The van der Waals surface area contributed by atoms with E-state index in [2.05, 4.69) is 84.4 Å². The first-order valence-corrected chi connectivity index (χ1v) is 8.52. The lowest BCUT2D eigenvalue weighted by Crippen LogP contribution is -1.86. The summed E-state index contributed by atoms with van der Waals surface area (Å²) < 4.78 is 8.61. The van der Waals surface area contributed by atoms with Gasteiger partial charge in [0.15, 0.2) is 5.58 Å². The normalized spacial score (nSPS) is 12.2. The minimum Gasteiger partial charge on any atom is -0.454 e. The number of furan rings is 1. The molecular weight excluding hydrogens is 306 g/mol. The topological polar surface area (TPSA) is 18.1 Å². The Balaban J connectivity index is 1.88. The number of hydrogen-bond acceptors (Lipinski definition) is 1. The number of nitrogens with zero attached hydrogens (tertiary/aromatic N) is 1. The van der Waals surface area contributed by atoms with Crippen LogP contribution in [0.4, 0.5) is 0 Å². The zero-order chi connectivity index (χ0) is 16.5. The third kappa shape index (κ3) is 1.59. The lowest BCUT2D eigenvalue weighted by Gasteiger charge is -1.98. The molecule has 0 fully saturated rings. The molecule has 0 aliphatic heterocycles. The van der Waals surface area contributed by atoms with Crippen LogP contribution in [0.2, 0.25) is 0 Å². The first kappa shape index (κ1) is 13.1. The molecule has 2 heterocycles. The monoisotopic (exact) mass is 321 g/mol. The molecule has 0 amide bonds. The first-order chi connectivity index (χ1) is 12.3. The van der Waals surface area contributed by atoms with Crippen molar-refractivity contribution in [2.24, 2.45) is 7.05 Å². The van der Waals surface area contributed by atoms with Crippen molar-refractivity contribution >= 4 is 54.5 Å². The maximum absolute atomic E-state index is 6.36. The van der Waals surface area contributed by atoms with E-state index in [1.54, 1.807) is 0 Å². The van der Waals surface area contributed by atoms with Crippen molar-refractivity contribution in [3.05, 3.63) is 72.8 Å². The number of para-hydroxylation sites is 1. The number of aromatic nitrogens is 1. The Morgan fingerprint density at radius 1 is 0.680 bits per heavy atom. The summed E-state index contributed by atoms with van der Waals surface area (Å²) in [4.78, 5) is 0. The molecule has 6 aromatic rings. The van der Waals surface area contributed by atoms with Crippen molar-refractivity contribution in [1.29, 1.82) is 0 Å². The van der Waals surface area contributed by atoms with E-state index in [0.29, 0.717) is 0 Å². The predicted octanol–water partition coefficient (Wildman–Crippen LogP) is 6.38. The molecule has 0 saturated carbocycles. The fraction of sp³-hybridized carbons (Fsp3) is 0.0435. The Hall–Kier alpha value is -3.26. The highest BCUT2D eigenvalue weighted by molar-refractivity contribution is 6.21. The van der Waals surface area contributed by atoms with Crippen LogP contribution in [0, 0.1) is 0 Å². The summed E-state index contributed by atoms with van der Waals surface area (Å²) in [7, 11) is 2.12. The van der Waals surface area contributed by atoms with Gasteiger partial charge in [-0.05, 0) is 35.0 Å². The minimum absolute atomic E-state index is 0.950. The number of fused-ring (bicyclic) bond motifs is 8. The lowest BCUT2D eigenvalue weighted by atomic mass is 10.1. The van der Waals surface area contributed by atoms with Gasteiger partial charge in [0.05, 0.1) is 5.52 Å². The Morgan fingerprint density at radius 3 is 2.28 bits per heavy atom. The van der Waals surface area contributed by atoms with Crippen LogP contribution in [0.1, 0.15) is 0 Å². The second-order valence-electron chi connectivity index (χ2n) is 6.71. The molecule has 0 aliphatic rings. The summed E-state index contributed by atoms with van der Waals surface area (Å²) in [6, 6.07) is 25.8. The Bertz CT molecular complexity index is 1450. The van der Waals surface area contributed by atoms with Crippen molar-refractivity contribution in [3.8, 4) is 0 Å². The minimum atomic E-state index is 0.950. The van der Waals surface area contributed by atoms with Gasteiger partial charge in [0.1, 0.15) is 5.58 Å². The smallest absolute Gasteiger partial charge is 0.159 e. The molecule has 0 aliphatic carbocycles. The van der Waals surface area contributed by atoms with E-state index in [0.717, 1.165) is 11.2 Å². The van der Waals surface area contributed by atoms with E-state index in [4.69, 9.17) is 4.42 Å². The summed E-state index contributed by atoms with van der Waals surface area (Å²) in [6.07, 6.45) is 0. The maximum atomic E-state index is 6.36. The van der Waals surface area contributed by atoms with E-state index in [9.17, 15) is 0 Å². The summed E-state index contributed by atoms with van der Waals surface area (Å²) in [5.41, 5.74) is 4.32. The molecule has 0 bridgehead atoms. The van der Waals surface area contributed by atoms with Gasteiger partial charge in [0, 0.05) is 34.1 Å². The molecule has 6 rings (SSSR count). The summed E-state index contributed by atoms with van der Waals surface area (Å²) in [5.74, 6) is 0. The average molecular weight is 321 g/mol. The predicted molar refractivity (Wildman–Crippen MR) is 105 cm³/mol. The van der Waals surface area contributed by atoms with Crippen molar-refractivity contribution in [2.75, 3.05) is 0 Å². The van der Waals surface area contributed by atoms with Gasteiger partial charge in [-0.2, -0.15) is 0 Å². The number of hydrogen-bond donors (Lipinski definition) is 0. The van der Waals surface area contributed by atoms with Crippen LogP contribution in [0.3, 0.4) is 0 Å². The molecule has 0 radical (unpaired) electrons. The first-order valence-electron chi connectivity index (χ1n) is 8.52. The van der Waals surface area contributed by atoms with E-state index in [1.165, 1.54) is 43.4 Å². The Labute approximate surface area is 143 Å². The number of rotatable bonds is 0. The second kappa shape index (κ2) is 4.42. The van der Waals surface area contributed by atoms with Gasteiger partial charge in [0.2, 0.25) is 0 Å². The summed E-state index contributed by atoms with van der Waals surface area (Å²) in [6.45, 7) is 0. The van der Waals surface area contributed by atoms with E-state index in [1.807, 2.05) is 0 Å². The molecule has 4 aromatic carbocycles. The molecule has 118 valence electrons. The van der Waals surface area contributed by atoms with Crippen molar-refractivity contribution < 1.29 is 4.42 Å². The fourth-order valence-electron chi connectivity index (χ4n) is 4.18. The molecule has 0 saturated heterocycles. The van der Waals surface area contributed by atoms with Crippen LogP contribution in [0.15, 0.2) is 77.2 Å². The zero-order valence-corrected chi connectivity index (χ0v) is 13.8. The van der Waals surface area contributed by atoms with Gasteiger partial charge in [-0.25, -0.2) is 0 Å². The second-order valence-corrected chi connectivity index (χ2v) is 6.71. The largest absolute Gasteiger partial charge is 0.454 e. The highest BCUT2D eigenvalue weighted by Crippen LogP contribution is 2.39. The van der Waals surface area contributed by atoms with E-state index < -0.39 is 0 Å². The molecular formula is C23H15NO. The van der Waals surface area contributed by atoms with Crippen LogP contribution in [0.5, 0.6) is 0 Å². The molecule has 0 spiro atoms. The molecule has 2 heteroatoms. The van der Waals surface area contributed by atoms with Gasteiger partial charge in [0.25, 0.3) is 0 Å². The number of aryl methyl sites for hydroxylation is 1. The highest BCUT2D eigenvalue weighted by Gasteiger charge is 2.16. The van der Waals surface area contributed by atoms with Crippen molar-refractivity contribution in [1.82, 2.24) is 4.57 Å². The SMILES string of the molecule is Cn1c2ccccc2c2ccc3c4cc5ccccc5cc4oc3c21. The third-order valence-corrected chi connectivity index (χ3v) is 5.37. The van der Waals surface area contributed by atoms with Crippen molar-refractivity contribution in [2.45, 2.75) is 0 Å². The summed E-state index contributed by atoms with van der Waals surface area (Å²) >= 11 is 0. The fourth-order valence-corrected chi connectivity index (χ4v) is 4.18. The van der Waals surface area contributed by atoms with Crippen LogP contribution in [-0.2, 0) is 7.05 Å². The van der Waals surface area contributed by atoms with Crippen LogP contribution >= 0.6 is 0 Å². The van der Waals surface area contributed by atoms with Gasteiger partial charge in [-0.3, -0.25) is 0 Å². The van der Waals surface area contributed by atoms with Crippen molar-refractivity contribution in [3.63, 3.8) is 0 Å². The summed E-state index contributed by atoms with van der Waals surface area (Å²) in [5, 5.41) is 7.33. The highest BCUT2D eigenvalue weighted by atomic mass is 16.3. The van der Waals surface area contributed by atoms with Gasteiger partial charge in [-0.15, -0.1) is 0 Å². The number of benzene rings is 4. The standard InChI is InChI=1S/C23H15NO/c1-24-20-9-5-4-8-16(20)17-10-11-18-19-12-14-6-2-3-7-15(14)13-21(19)25-23(18)22(17)24/h2-13H,1H3. The Morgan fingerprint density at radius 2 is 1.40 bits per heavy atom. The molecule has 2 aromatic heterocycles. The van der Waals surface area contributed by atoms with Crippen LogP contribution < -0.4 is 0 Å². The molecule has 2 nitrogen and oxygen atoms in total.